The predicted octanol–water partition coefficient (Wildman–Crippen LogP) is -0.0236. The monoisotopic (exact) mass is 181 g/mol. The number of thiol groups is 1. The molecule has 12 heavy (non-hydrogen) atoms. The number of nitrogens with one attached hydrogen (secondary N) is 1. The Morgan fingerprint density at radius 2 is 2.50 bits per heavy atom. The van der Waals surface area contributed by atoms with Gasteiger partial charge in [0.25, 0.3) is 5.91 Å². The van der Waals surface area contributed by atoms with E-state index in [1.54, 1.807) is 6.20 Å². The molecule has 1 N–H and O–H groups in total. The topological polar surface area (TPSA) is 54.9 Å². The molecule has 0 radical (unpaired) electrons. The fourth-order valence-electron chi connectivity index (χ4n) is 1.04. The van der Waals surface area contributed by atoms with E-state index in [1.807, 2.05) is 0 Å². The van der Waals surface area contributed by atoms with E-state index in [2.05, 4.69) is 21.2 Å². The summed E-state index contributed by atoms with van der Waals surface area (Å²) in [5.74, 6) is 3.51. The van der Waals surface area contributed by atoms with Gasteiger partial charge in [0.15, 0.2) is 5.69 Å². The van der Waals surface area contributed by atoms with Gasteiger partial charge in [0.2, 0.25) is 0 Å². The SMILES string of the molecule is C=[SH]c1cnc2c(n1)C(=O)NC2. The first kappa shape index (κ1) is 7.42. The molecule has 0 saturated carbocycles. The Balaban J connectivity index is 2.57. The van der Waals surface area contributed by atoms with Crippen molar-refractivity contribution in [3.8, 4) is 0 Å². The summed E-state index contributed by atoms with van der Waals surface area (Å²) >= 11 is 0.786. The highest BCUT2D eigenvalue weighted by atomic mass is 32.1. The van der Waals surface area contributed by atoms with Crippen molar-refractivity contribution < 1.29 is 4.79 Å². The Labute approximate surface area is 73.0 Å². The van der Waals surface area contributed by atoms with Gasteiger partial charge in [0, 0.05) is 0 Å². The normalized spacial score (nSPS) is 14.2. The van der Waals surface area contributed by atoms with E-state index < -0.39 is 0 Å². The Kier molecular flexibility index (Phi) is 1.65. The van der Waals surface area contributed by atoms with Crippen LogP contribution >= 0.6 is 11.4 Å². The minimum atomic E-state index is -0.136. The van der Waals surface area contributed by atoms with Crippen LogP contribution < -0.4 is 5.32 Å². The van der Waals surface area contributed by atoms with Gasteiger partial charge in [-0.3, -0.25) is 9.78 Å². The molecule has 5 heteroatoms. The van der Waals surface area contributed by atoms with E-state index >= 15 is 0 Å². The summed E-state index contributed by atoms with van der Waals surface area (Å²) in [4.78, 5) is 19.3. The predicted molar refractivity (Wildman–Crippen MR) is 47.6 cm³/mol. The first-order valence-electron chi connectivity index (χ1n) is 3.42. The highest BCUT2D eigenvalue weighted by Gasteiger charge is 2.21. The van der Waals surface area contributed by atoms with Crippen LogP contribution in [-0.2, 0) is 6.54 Å². The van der Waals surface area contributed by atoms with E-state index in [1.165, 1.54) is 0 Å². The Hall–Kier alpha value is -1.23. The second-order valence-corrected chi connectivity index (χ2v) is 3.14. The molecule has 0 spiro atoms. The lowest BCUT2D eigenvalue weighted by atomic mass is 10.3. The zero-order valence-corrected chi connectivity index (χ0v) is 7.14. The van der Waals surface area contributed by atoms with E-state index in [0.29, 0.717) is 12.2 Å². The summed E-state index contributed by atoms with van der Waals surface area (Å²) in [6.07, 6.45) is 1.65. The first-order chi connectivity index (χ1) is 5.81. The van der Waals surface area contributed by atoms with Crippen LogP contribution in [-0.4, -0.2) is 21.7 Å². The van der Waals surface area contributed by atoms with Crippen molar-refractivity contribution in [3.63, 3.8) is 0 Å². The van der Waals surface area contributed by atoms with Gasteiger partial charge in [-0.15, -0.1) is 0 Å². The number of hydrogen-bond acceptors (Lipinski definition) is 3. The van der Waals surface area contributed by atoms with Gasteiger partial charge in [0.1, 0.15) is 5.03 Å². The van der Waals surface area contributed by atoms with E-state index in [4.69, 9.17) is 0 Å². The third kappa shape index (κ3) is 1.02. The Morgan fingerprint density at radius 3 is 3.25 bits per heavy atom. The maximum Gasteiger partial charge on any atom is 0.272 e. The van der Waals surface area contributed by atoms with Crippen molar-refractivity contribution in [2.24, 2.45) is 0 Å². The summed E-state index contributed by atoms with van der Waals surface area (Å²) in [7, 11) is 0. The van der Waals surface area contributed by atoms with Crippen LogP contribution in [0.5, 0.6) is 0 Å². The smallest absolute Gasteiger partial charge is 0.272 e. The molecule has 2 heterocycles. The van der Waals surface area contributed by atoms with Crippen LogP contribution in [0.15, 0.2) is 11.2 Å². The molecule has 1 amide bonds. The summed E-state index contributed by atoms with van der Waals surface area (Å²) in [6, 6.07) is 0. The molecule has 1 aliphatic heterocycles. The third-order valence-corrected chi connectivity index (χ3v) is 2.17. The number of amides is 1. The molecule has 62 valence electrons. The van der Waals surface area contributed by atoms with Gasteiger partial charge in [-0.1, -0.05) is 5.87 Å². The van der Waals surface area contributed by atoms with Crippen molar-refractivity contribution in [1.29, 1.82) is 0 Å². The van der Waals surface area contributed by atoms with E-state index in [0.717, 1.165) is 22.1 Å². The lowest BCUT2D eigenvalue weighted by Gasteiger charge is -1.94. The highest BCUT2D eigenvalue weighted by molar-refractivity contribution is 7.96. The average molecular weight is 181 g/mol. The van der Waals surface area contributed by atoms with Gasteiger partial charge in [0.05, 0.1) is 18.4 Å². The maximum absolute atomic E-state index is 11.1. The fraction of sp³-hybridized carbons (Fsp3) is 0.143. The summed E-state index contributed by atoms with van der Waals surface area (Å²) in [5.41, 5.74) is 1.18. The Bertz CT molecular complexity index is 364. The van der Waals surface area contributed by atoms with Crippen molar-refractivity contribution in [2.75, 3.05) is 0 Å². The number of nitrogens with zero attached hydrogens (tertiary/aromatic N) is 2. The van der Waals surface area contributed by atoms with Gasteiger partial charge in [-0.2, -0.15) is 11.4 Å². The number of carbonyl (C=O) groups is 1. The van der Waals surface area contributed by atoms with Crippen LogP contribution in [0.3, 0.4) is 0 Å². The van der Waals surface area contributed by atoms with Gasteiger partial charge >= 0.3 is 0 Å². The Morgan fingerprint density at radius 1 is 1.67 bits per heavy atom. The number of aromatic nitrogens is 2. The molecular formula is C7H7N3OS. The number of carbonyl (C=O) groups excluding carboxylic acids is 1. The van der Waals surface area contributed by atoms with E-state index in [9.17, 15) is 4.79 Å². The number of fused-ring (bicyclic) bond motifs is 1. The highest BCUT2D eigenvalue weighted by Crippen LogP contribution is 2.12. The van der Waals surface area contributed by atoms with Crippen LogP contribution in [0.2, 0.25) is 0 Å². The number of rotatable bonds is 1. The molecule has 0 saturated heterocycles. The molecule has 0 unspecified atom stereocenters. The molecule has 1 aliphatic rings. The summed E-state index contributed by atoms with van der Waals surface area (Å²) in [6.45, 7) is 0.496. The molecule has 4 nitrogen and oxygen atoms in total. The second kappa shape index (κ2) is 2.67. The van der Waals surface area contributed by atoms with Crippen LogP contribution in [0.4, 0.5) is 0 Å². The summed E-state index contributed by atoms with van der Waals surface area (Å²) in [5, 5.41) is 3.38. The van der Waals surface area contributed by atoms with Crippen molar-refractivity contribution in [3.05, 3.63) is 17.6 Å². The molecule has 0 atom stereocenters. The lowest BCUT2D eigenvalue weighted by Crippen LogP contribution is -2.13. The average Bonchev–Trinajstić information content (AvgIpc) is 2.47. The zero-order chi connectivity index (χ0) is 8.55. The third-order valence-electron chi connectivity index (χ3n) is 1.63. The van der Waals surface area contributed by atoms with Gasteiger partial charge in [-0.05, 0) is 0 Å². The van der Waals surface area contributed by atoms with Crippen LogP contribution in [0.25, 0.3) is 0 Å². The van der Waals surface area contributed by atoms with Gasteiger partial charge < -0.3 is 5.32 Å². The van der Waals surface area contributed by atoms with Gasteiger partial charge in [-0.25, -0.2) is 4.98 Å². The molecule has 0 fully saturated rings. The quantitative estimate of drug-likeness (QED) is 0.473. The standard InChI is InChI=1S/C7H7N3OS/c1-12-5-3-8-4-2-9-7(11)6(4)10-5/h3,12H,1-2H2,(H,9,11). The van der Waals surface area contributed by atoms with E-state index in [-0.39, 0.29) is 5.91 Å². The maximum atomic E-state index is 11.1. The minimum Gasteiger partial charge on any atom is -0.345 e. The molecule has 1 aromatic rings. The fourth-order valence-corrected chi connectivity index (χ4v) is 1.35. The molecule has 0 aliphatic carbocycles. The number of hydrogen-bond donors (Lipinski definition) is 2. The van der Waals surface area contributed by atoms with Crippen LogP contribution in [0.1, 0.15) is 16.2 Å². The molecular weight excluding hydrogens is 174 g/mol. The van der Waals surface area contributed by atoms with Crippen molar-refractivity contribution in [2.45, 2.75) is 11.6 Å². The first-order valence-corrected chi connectivity index (χ1v) is 4.50. The molecule has 0 aromatic carbocycles. The molecule has 1 aromatic heterocycles. The van der Waals surface area contributed by atoms with Crippen LogP contribution in [0, 0.1) is 0 Å². The molecule has 0 bridgehead atoms. The lowest BCUT2D eigenvalue weighted by molar-refractivity contribution is 0.0961. The zero-order valence-electron chi connectivity index (χ0n) is 6.24. The minimum absolute atomic E-state index is 0.136. The summed E-state index contributed by atoms with van der Waals surface area (Å²) < 4.78 is 0. The van der Waals surface area contributed by atoms with Crippen molar-refractivity contribution in [1.82, 2.24) is 15.3 Å². The molecule has 2 rings (SSSR count). The largest absolute Gasteiger partial charge is 0.345 e. The second-order valence-electron chi connectivity index (χ2n) is 2.36. The van der Waals surface area contributed by atoms with Crippen molar-refractivity contribution >= 4 is 23.1 Å².